The minimum absolute atomic E-state index is 0.0190. The van der Waals surface area contributed by atoms with E-state index in [0.29, 0.717) is 6.04 Å². The third-order valence-corrected chi connectivity index (χ3v) is 3.14. The van der Waals surface area contributed by atoms with Crippen LogP contribution < -0.4 is 5.32 Å². The lowest BCUT2D eigenvalue weighted by atomic mass is 10.0. The van der Waals surface area contributed by atoms with Gasteiger partial charge in [0.1, 0.15) is 0 Å². The molecule has 2 atom stereocenters. The number of hydrogen-bond acceptors (Lipinski definition) is 3. The number of amides is 1. The topological polar surface area (TPSA) is 69.6 Å². The van der Waals surface area contributed by atoms with Crippen LogP contribution in [-0.2, 0) is 9.59 Å². The van der Waals surface area contributed by atoms with Gasteiger partial charge < -0.3 is 10.4 Å². The molecule has 1 saturated carbocycles. The van der Waals surface area contributed by atoms with Crippen LogP contribution in [0.25, 0.3) is 0 Å². The fourth-order valence-corrected chi connectivity index (χ4v) is 1.46. The van der Waals surface area contributed by atoms with Gasteiger partial charge in [-0.05, 0) is 26.8 Å². The summed E-state index contributed by atoms with van der Waals surface area (Å²) in [5, 5.41) is 11.7. The van der Waals surface area contributed by atoms with Crippen molar-refractivity contribution >= 4 is 11.9 Å². The van der Waals surface area contributed by atoms with Gasteiger partial charge in [0.25, 0.3) is 0 Å². The van der Waals surface area contributed by atoms with Crippen molar-refractivity contribution in [3.63, 3.8) is 0 Å². The first-order valence-electron chi connectivity index (χ1n) is 5.64. The smallest absolute Gasteiger partial charge is 0.307 e. The minimum Gasteiger partial charge on any atom is -0.481 e. The van der Waals surface area contributed by atoms with Crippen molar-refractivity contribution in [3.05, 3.63) is 0 Å². The summed E-state index contributed by atoms with van der Waals surface area (Å²) in [6, 6.07) is 0.204. The van der Waals surface area contributed by atoms with E-state index in [2.05, 4.69) is 5.32 Å². The summed E-state index contributed by atoms with van der Waals surface area (Å²) < 4.78 is 0. The first-order chi connectivity index (χ1) is 7.41. The van der Waals surface area contributed by atoms with Crippen LogP contribution in [0.4, 0.5) is 0 Å². The lowest BCUT2D eigenvalue weighted by molar-refractivity contribution is -0.143. The molecule has 0 aromatic rings. The Morgan fingerprint density at radius 3 is 2.44 bits per heavy atom. The van der Waals surface area contributed by atoms with Crippen LogP contribution in [0.3, 0.4) is 0 Å². The quantitative estimate of drug-likeness (QED) is 0.686. The van der Waals surface area contributed by atoms with Gasteiger partial charge in [-0.15, -0.1) is 0 Å². The average Bonchev–Trinajstić information content (AvgIpc) is 2.98. The molecule has 16 heavy (non-hydrogen) atoms. The molecule has 1 amide bonds. The molecule has 92 valence electrons. The standard InChI is InChI=1S/C11H20N2O3/c1-7(11(15)16)8(2)13(3)6-10(14)12-9-4-5-9/h7-9H,4-6H2,1-3H3,(H,12,14)(H,15,16). The number of carboxylic acid groups (broad SMARTS) is 1. The van der Waals surface area contributed by atoms with Gasteiger partial charge in [0.2, 0.25) is 5.91 Å². The van der Waals surface area contributed by atoms with Gasteiger partial charge in [0.05, 0.1) is 12.5 Å². The van der Waals surface area contributed by atoms with Gasteiger partial charge in [-0.3, -0.25) is 14.5 Å². The summed E-state index contributed by atoms with van der Waals surface area (Å²) in [7, 11) is 1.77. The molecule has 1 aliphatic carbocycles. The average molecular weight is 228 g/mol. The highest BCUT2D eigenvalue weighted by molar-refractivity contribution is 5.78. The number of carbonyl (C=O) groups excluding carboxylic acids is 1. The number of nitrogens with one attached hydrogen (secondary N) is 1. The van der Waals surface area contributed by atoms with Crippen LogP contribution in [0, 0.1) is 5.92 Å². The van der Waals surface area contributed by atoms with E-state index in [1.54, 1.807) is 18.9 Å². The zero-order valence-corrected chi connectivity index (χ0v) is 10.1. The van der Waals surface area contributed by atoms with E-state index in [1.807, 2.05) is 6.92 Å². The number of likely N-dealkylation sites (N-methyl/N-ethyl adjacent to an activating group) is 1. The molecule has 2 N–H and O–H groups in total. The molecule has 0 aliphatic heterocycles. The second-order valence-electron chi connectivity index (χ2n) is 4.62. The molecule has 0 radical (unpaired) electrons. The van der Waals surface area contributed by atoms with Gasteiger partial charge in [0.15, 0.2) is 0 Å². The molecule has 2 unspecified atom stereocenters. The molecule has 0 aromatic heterocycles. The molecule has 0 spiro atoms. The Kier molecular flexibility index (Phi) is 4.29. The SMILES string of the molecule is CC(C(=O)O)C(C)N(C)CC(=O)NC1CC1. The fourth-order valence-electron chi connectivity index (χ4n) is 1.46. The third kappa shape index (κ3) is 3.81. The first-order valence-corrected chi connectivity index (χ1v) is 5.64. The van der Waals surface area contributed by atoms with E-state index in [1.165, 1.54) is 0 Å². The van der Waals surface area contributed by atoms with Crippen LogP contribution in [0.15, 0.2) is 0 Å². The van der Waals surface area contributed by atoms with Crippen molar-refractivity contribution in [3.8, 4) is 0 Å². The van der Waals surface area contributed by atoms with Crippen molar-refractivity contribution in [2.45, 2.75) is 38.8 Å². The second kappa shape index (κ2) is 5.30. The molecule has 1 fully saturated rings. The highest BCUT2D eigenvalue weighted by atomic mass is 16.4. The minimum atomic E-state index is -0.832. The van der Waals surface area contributed by atoms with E-state index in [9.17, 15) is 9.59 Å². The predicted octanol–water partition coefficient (Wildman–Crippen LogP) is 0.306. The molecule has 1 rings (SSSR count). The van der Waals surface area contributed by atoms with Gasteiger partial charge >= 0.3 is 5.97 Å². The molecule has 0 heterocycles. The maximum Gasteiger partial charge on any atom is 0.307 e. The Bertz CT molecular complexity index is 276. The summed E-state index contributed by atoms with van der Waals surface area (Å²) in [5.41, 5.74) is 0. The van der Waals surface area contributed by atoms with Crippen molar-refractivity contribution in [2.24, 2.45) is 5.92 Å². The number of hydrogen-bond donors (Lipinski definition) is 2. The molecule has 0 bridgehead atoms. The highest BCUT2D eigenvalue weighted by Crippen LogP contribution is 2.18. The van der Waals surface area contributed by atoms with Crippen LogP contribution in [0.5, 0.6) is 0 Å². The summed E-state index contributed by atoms with van der Waals surface area (Å²) in [6.07, 6.45) is 2.13. The van der Waals surface area contributed by atoms with Gasteiger partial charge in [-0.2, -0.15) is 0 Å². The maximum atomic E-state index is 11.5. The van der Waals surface area contributed by atoms with Gasteiger partial charge in [0, 0.05) is 12.1 Å². The summed E-state index contributed by atoms with van der Waals surface area (Å²) in [4.78, 5) is 24.1. The lowest BCUT2D eigenvalue weighted by Crippen LogP contribution is -2.44. The van der Waals surface area contributed by atoms with Crippen molar-refractivity contribution in [1.29, 1.82) is 0 Å². The van der Waals surface area contributed by atoms with E-state index >= 15 is 0 Å². The van der Waals surface area contributed by atoms with E-state index < -0.39 is 11.9 Å². The fraction of sp³-hybridized carbons (Fsp3) is 0.818. The first kappa shape index (κ1) is 13.0. The van der Waals surface area contributed by atoms with Gasteiger partial charge in [-0.1, -0.05) is 6.92 Å². The Morgan fingerprint density at radius 1 is 1.44 bits per heavy atom. The lowest BCUT2D eigenvalue weighted by Gasteiger charge is -2.26. The van der Waals surface area contributed by atoms with Crippen LogP contribution in [0.2, 0.25) is 0 Å². The summed E-state index contributed by atoms with van der Waals surface area (Å²) in [6.45, 7) is 3.74. The summed E-state index contributed by atoms with van der Waals surface area (Å²) >= 11 is 0. The monoisotopic (exact) mass is 228 g/mol. The van der Waals surface area contributed by atoms with Crippen molar-refractivity contribution in [1.82, 2.24) is 10.2 Å². The zero-order valence-electron chi connectivity index (χ0n) is 10.1. The Hall–Kier alpha value is -1.10. The zero-order chi connectivity index (χ0) is 12.3. The van der Waals surface area contributed by atoms with Gasteiger partial charge in [-0.25, -0.2) is 0 Å². The molecule has 5 nitrogen and oxygen atoms in total. The molecule has 5 heteroatoms. The third-order valence-electron chi connectivity index (χ3n) is 3.14. The van der Waals surface area contributed by atoms with E-state index in [-0.39, 0.29) is 18.5 Å². The number of carbonyl (C=O) groups is 2. The second-order valence-corrected chi connectivity index (χ2v) is 4.62. The predicted molar refractivity (Wildman–Crippen MR) is 60.1 cm³/mol. The van der Waals surface area contributed by atoms with Crippen LogP contribution in [0.1, 0.15) is 26.7 Å². The highest BCUT2D eigenvalue weighted by Gasteiger charge is 2.27. The number of rotatable bonds is 6. The number of carboxylic acids is 1. The summed E-state index contributed by atoms with van der Waals surface area (Å²) in [5.74, 6) is -1.32. The largest absolute Gasteiger partial charge is 0.481 e. The molecule has 0 saturated heterocycles. The Balaban J connectivity index is 2.34. The maximum absolute atomic E-state index is 11.5. The molecular formula is C11H20N2O3. The van der Waals surface area contributed by atoms with Crippen LogP contribution >= 0.6 is 0 Å². The van der Waals surface area contributed by atoms with Crippen molar-refractivity contribution < 1.29 is 14.7 Å². The Labute approximate surface area is 95.8 Å². The molecular weight excluding hydrogens is 208 g/mol. The Morgan fingerprint density at radius 2 is 2.00 bits per heavy atom. The van der Waals surface area contributed by atoms with E-state index in [0.717, 1.165) is 12.8 Å². The van der Waals surface area contributed by atoms with Crippen LogP contribution in [-0.4, -0.2) is 47.6 Å². The van der Waals surface area contributed by atoms with Crippen molar-refractivity contribution in [2.75, 3.05) is 13.6 Å². The normalized spacial score (nSPS) is 19.2. The number of aliphatic carboxylic acids is 1. The molecule has 1 aliphatic rings. The molecule has 0 aromatic carbocycles. The van der Waals surface area contributed by atoms with E-state index in [4.69, 9.17) is 5.11 Å². The number of nitrogens with zero attached hydrogens (tertiary/aromatic N) is 1.